The van der Waals surface area contributed by atoms with Crippen LogP contribution >= 0.6 is 15.9 Å². The van der Waals surface area contributed by atoms with Crippen LogP contribution in [0.5, 0.6) is 5.75 Å². The topological polar surface area (TPSA) is 53.4 Å². The highest BCUT2D eigenvalue weighted by Crippen LogP contribution is 2.26. The van der Waals surface area contributed by atoms with Gasteiger partial charge in [0.25, 0.3) is 5.91 Å². The van der Waals surface area contributed by atoms with Crippen molar-refractivity contribution in [1.82, 2.24) is 4.98 Å². The van der Waals surface area contributed by atoms with Crippen molar-refractivity contribution in [2.24, 2.45) is 0 Å². The Kier molecular flexibility index (Phi) is 3.81. The number of anilines is 1. The first-order valence-corrected chi connectivity index (χ1v) is 7.47. The van der Waals surface area contributed by atoms with Crippen LogP contribution in [0.3, 0.4) is 0 Å². The van der Waals surface area contributed by atoms with Gasteiger partial charge in [0, 0.05) is 28.8 Å². The molecule has 0 saturated heterocycles. The Hall–Kier alpha value is -2.40. The number of hydrogen-bond acceptors (Lipinski definition) is 3. The third-order valence-corrected chi connectivity index (χ3v) is 4.00. The van der Waals surface area contributed by atoms with Crippen LogP contribution < -0.4 is 4.90 Å². The Bertz CT molecular complexity index is 847. The predicted octanol–water partition coefficient (Wildman–Crippen LogP) is 3.98. The Labute approximate surface area is 136 Å². The van der Waals surface area contributed by atoms with Crippen molar-refractivity contribution >= 4 is 38.4 Å². The van der Waals surface area contributed by atoms with E-state index in [1.165, 1.54) is 4.90 Å². The van der Waals surface area contributed by atoms with Gasteiger partial charge in [0.1, 0.15) is 5.75 Å². The number of fused-ring (bicyclic) bond motifs is 1. The molecule has 0 unspecified atom stereocenters. The van der Waals surface area contributed by atoms with Crippen LogP contribution in [-0.4, -0.2) is 23.0 Å². The zero-order chi connectivity index (χ0) is 15.7. The van der Waals surface area contributed by atoms with Gasteiger partial charge in [-0.3, -0.25) is 9.78 Å². The number of phenols is 1. The highest BCUT2D eigenvalue weighted by Gasteiger charge is 2.18. The number of carbonyl (C=O) groups excluding carboxylic acids is 1. The molecule has 0 aliphatic rings. The number of aromatic nitrogens is 1. The third-order valence-electron chi connectivity index (χ3n) is 3.47. The van der Waals surface area contributed by atoms with Gasteiger partial charge in [-0.25, -0.2) is 0 Å². The minimum absolute atomic E-state index is 0.0468. The second-order valence-corrected chi connectivity index (χ2v) is 5.82. The number of halogens is 1. The maximum atomic E-state index is 12.6. The van der Waals surface area contributed by atoms with Gasteiger partial charge in [0.15, 0.2) is 0 Å². The lowest BCUT2D eigenvalue weighted by molar-refractivity contribution is 0.0990. The molecule has 1 heterocycles. The van der Waals surface area contributed by atoms with Gasteiger partial charge in [-0.15, -0.1) is 0 Å². The van der Waals surface area contributed by atoms with Crippen molar-refractivity contribution in [2.45, 2.75) is 0 Å². The first-order chi connectivity index (χ1) is 10.6. The number of aromatic hydroxyl groups is 1. The summed E-state index contributed by atoms with van der Waals surface area (Å²) in [7, 11) is 1.67. The molecule has 5 heteroatoms. The van der Waals surface area contributed by atoms with Crippen LogP contribution in [-0.2, 0) is 0 Å². The zero-order valence-corrected chi connectivity index (χ0v) is 13.4. The molecule has 0 bridgehead atoms. The molecule has 1 N–H and O–H groups in total. The summed E-state index contributed by atoms with van der Waals surface area (Å²) in [6.07, 6.45) is 1.66. The van der Waals surface area contributed by atoms with Crippen LogP contribution in [0.4, 0.5) is 5.69 Å². The van der Waals surface area contributed by atoms with Crippen molar-refractivity contribution in [3.8, 4) is 5.75 Å². The van der Waals surface area contributed by atoms with E-state index in [1.54, 1.807) is 31.4 Å². The highest BCUT2D eigenvalue weighted by atomic mass is 79.9. The Morgan fingerprint density at radius 2 is 1.91 bits per heavy atom. The Morgan fingerprint density at radius 3 is 2.64 bits per heavy atom. The molecule has 4 nitrogen and oxygen atoms in total. The lowest BCUT2D eigenvalue weighted by Gasteiger charge is -2.18. The van der Waals surface area contributed by atoms with Gasteiger partial charge in [-0.1, -0.05) is 22.0 Å². The van der Waals surface area contributed by atoms with Crippen molar-refractivity contribution in [3.63, 3.8) is 0 Å². The number of nitrogens with zero attached hydrogens (tertiary/aromatic N) is 2. The minimum atomic E-state index is -0.285. The van der Waals surface area contributed by atoms with Crippen molar-refractivity contribution < 1.29 is 9.90 Å². The normalized spacial score (nSPS) is 10.6. The molecular weight excluding hydrogens is 344 g/mol. The molecule has 3 aromatic rings. The SMILES string of the molecule is CN(C(=O)c1cc2ncccc2cc1O)c1ccc(Br)cc1. The molecule has 3 rings (SSSR count). The summed E-state index contributed by atoms with van der Waals surface area (Å²) in [6, 6.07) is 14.2. The molecule has 22 heavy (non-hydrogen) atoms. The number of benzene rings is 2. The van der Waals surface area contributed by atoms with Crippen LogP contribution in [0.15, 0.2) is 59.2 Å². The van der Waals surface area contributed by atoms with Crippen LogP contribution in [0.1, 0.15) is 10.4 Å². The molecule has 0 saturated carbocycles. The molecule has 0 fully saturated rings. The summed E-state index contributed by atoms with van der Waals surface area (Å²) >= 11 is 3.36. The predicted molar refractivity (Wildman–Crippen MR) is 90.3 cm³/mol. The molecule has 1 aromatic heterocycles. The van der Waals surface area contributed by atoms with E-state index >= 15 is 0 Å². The van der Waals surface area contributed by atoms with Gasteiger partial charge in [0.2, 0.25) is 0 Å². The van der Waals surface area contributed by atoms with E-state index in [1.807, 2.05) is 30.3 Å². The molecule has 2 aromatic carbocycles. The van der Waals surface area contributed by atoms with Crippen LogP contribution in [0.2, 0.25) is 0 Å². The van der Waals surface area contributed by atoms with Gasteiger partial charge < -0.3 is 10.0 Å². The van der Waals surface area contributed by atoms with Gasteiger partial charge in [-0.05, 0) is 42.5 Å². The summed E-state index contributed by atoms with van der Waals surface area (Å²) in [5.41, 5.74) is 1.65. The smallest absolute Gasteiger partial charge is 0.261 e. The minimum Gasteiger partial charge on any atom is -0.507 e. The molecule has 0 radical (unpaired) electrons. The standard InChI is InChI=1S/C17H13BrN2O2/c1-20(13-6-4-12(18)5-7-13)17(22)14-10-15-11(9-16(14)21)3-2-8-19-15/h2-10,21H,1H3. The number of carbonyl (C=O) groups is 1. The molecule has 0 aliphatic carbocycles. The summed E-state index contributed by atoms with van der Waals surface area (Å²) in [5, 5.41) is 10.9. The fourth-order valence-corrected chi connectivity index (χ4v) is 2.51. The zero-order valence-electron chi connectivity index (χ0n) is 11.8. The largest absolute Gasteiger partial charge is 0.507 e. The second kappa shape index (κ2) is 5.77. The van der Waals surface area contributed by atoms with Gasteiger partial charge in [0.05, 0.1) is 11.1 Å². The summed E-state index contributed by atoms with van der Waals surface area (Å²) in [4.78, 5) is 18.3. The first-order valence-electron chi connectivity index (χ1n) is 6.67. The number of pyridine rings is 1. The highest BCUT2D eigenvalue weighted by molar-refractivity contribution is 9.10. The number of rotatable bonds is 2. The summed E-state index contributed by atoms with van der Waals surface area (Å²) < 4.78 is 0.940. The monoisotopic (exact) mass is 356 g/mol. The molecule has 1 amide bonds. The average molecular weight is 357 g/mol. The van der Waals surface area contributed by atoms with E-state index in [4.69, 9.17) is 0 Å². The van der Waals surface area contributed by atoms with E-state index in [0.717, 1.165) is 15.5 Å². The number of phenolic OH excluding ortho intramolecular Hbond substituents is 1. The van der Waals surface area contributed by atoms with E-state index in [9.17, 15) is 9.90 Å². The fraction of sp³-hybridized carbons (Fsp3) is 0.0588. The van der Waals surface area contributed by atoms with Gasteiger partial charge >= 0.3 is 0 Å². The van der Waals surface area contributed by atoms with E-state index < -0.39 is 0 Å². The van der Waals surface area contributed by atoms with Crippen molar-refractivity contribution in [2.75, 3.05) is 11.9 Å². The number of hydrogen-bond donors (Lipinski definition) is 1. The summed E-state index contributed by atoms with van der Waals surface area (Å²) in [6.45, 7) is 0. The average Bonchev–Trinajstić information content (AvgIpc) is 2.53. The second-order valence-electron chi connectivity index (χ2n) is 4.91. The molecule has 0 spiro atoms. The van der Waals surface area contributed by atoms with Gasteiger partial charge in [-0.2, -0.15) is 0 Å². The third kappa shape index (κ3) is 2.67. The maximum absolute atomic E-state index is 12.6. The van der Waals surface area contributed by atoms with E-state index in [-0.39, 0.29) is 17.2 Å². The molecule has 110 valence electrons. The Balaban J connectivity index is 2.00. The Morgan fingerprint density at radius 1 is 1.18 bits per heavy atom. The summed E-state index contributed by atoms with van der Waals surface area (Å²) in [5.74, 6) is -0.332. The first kappa shape index (κ1) is 14.5. The van der Waals surface area contributed by atoms with E-state index in [2.05, 4.69) is 20.9 Å². The lowest BCUT2D eigenvalue weighted by atomic mass is 10.1. The van der Waals surface area contributed by atoms with Crippen molar-refractivity contribution in [1.29, 1.82) is 0 Å². The van der Waals surface area contributed by atoms with Crippen LogP contribution in [0.25, 0.3) is 10.9 Å². The maximum Gasteiger partial charge on any atom is 0.261 e. The molecule has 0 atom stereocenters. The van der Waals surface area contributed by atoms with Crippen LogP contribution in [0, 0.1) is 0 Å². The molecule has 0 aliphatic heterocycles. The number of amides is 1. The lowest BCUT2D eigenvalue weighted by Crippen LogP contribution is -2.26. The fourth-order valence-electron chi connectivity index (χ4n) is 2.24. The molecular formula is C17H13BrN2O2. The van der Waals surface area contributed by atoms with Crippen molar-refractivity contribution in [3.05, 3.63) is 64.8 Å². The van der Waals surface area contributed by atoms with E-state index in [0.29, 0.717) is 5.52 Å². The quantitative estimate of drug-likeness (QED) is 0.755.